The summed E-state index contributed by atoms with van der Waals surface area (Å²) in [5.41, 5.74) is -1.41. The lowest BCUT2D eigenvalue weighted by Crippen LogP contribution is -2.46. The van der Waals surface area contributed by atoms with Gasteiger partial charge in [0.05, 0.1) is 37.3 Å². The monoisotopic (exact) mass is 611 g/mol. The van der Waals surface area contributed by atoms with Crippen LogP contribution in [0.2, 0.25) is 0 Å². The molecule has 42 heavy (non-hydrogen) atoms. The van der Waals surface area contributed by atoms with E-state index < -0.39 is 59.6 Å². The predicted octanol–water partition coefficient (Wildman–Crippen LogP) is 3.38. The molecule has 0 aliphatic carbocycles. The molecular formula is C27H29F4N5O5S. The number of likely N-dealkylation sites (tertiary alicyclic amines) is 1. The van der Waals surface area contributed by atoms with Crippen LogP contribution in [0.15, 0.2) is 46.0 Å². The highest BCUT2D eigenvalue weighted by atomic mass is 32.1. The van der Waals surface area contributed by atoms with Crippen molar-refractivity contribution >= 4 is 29.1 Å². The van der Waals surface area contributed by atoms with Gasteiger partial charge in [-0.3, -0.25) is 19.5 Å². The highest BCUT2D eigenvalue weighted by molar-refractivity contribution is 7.11. The Hall–Kier alpha value is -3.40. The quantitative estimate of drug-likeness (QED) is 0.325. The summed E-state index contributed by atoms with van der Waals surface area (Å²) in [6.45, 7) is 1.99. The van der Waals surface area contributed by atoms with Crippen LogP contribution in [-0.4, -0.2) is 89.2 Å². The number of fused-ring (bicyclic) bond motifs is 1. The lowest BCUT2D eigenvalue weighted by atomic mass is 9.89. The lowest BCUT2D eigenvalue weighted by Gasteiger charge is -2.30. The number of ether oxygens (including phenoxy) is 1. The topological polar surface area (TPSA) is 117 Å². The standard InChI is InChI=1S/C27H29F4N5O5S/c1-26(2,25(38)39)7-9-36-21-17(12-41-36)35(13-27(21,30)31)11-16-18(24(37)40-3)20(14-5-4-6-15(28)19(14)29)34-22(33-16)23-32-8-10-42-23/h4-6,8,10,17,20-21H,7,9,11-13H2,1-3H3,(H,33,34)(H,38,39)/t17-,20+,21+/m1/s1. The van der Waals surface area contributed by atoms with E-state index in [4.69, 9.17) is 9.57 Å². The molecule has 4 heterocycles. The maximum absolute atomic E-state index is 15.5. The van der Waals surface area contributed by atoms with Gasteiger partial charge in [-0.15, -0.1) is 11.3 Å². The second-order valence-electron chi connectivity index (χ2n) is 10.9. The van der Waals surface area contributed by atoms with Crippen molar-refractivity contribution in [2.24, 2.45) is 10.4 Å². The number of nitrogens with one attached hydrogen (secondary N) is 1. The van der Waals surface area contributed by atoms with Crippen molar-refractivity contribution in [2.75, 3.05) is 33.4 Å². The summed E-state index contributed by atoms with van der Waals surface area (Å²) in [5, 5.41) is 15.6. The number of carboxylic acid groups (broad SMARTS) is 1. The lowest BCUT2D eigenvalue weighted by molar-refractivity contribution is -0.186. The van der Waals surface area contributed by atoms with Crippen LogP contribution in [0.25, 0.3) is 0 Å². The largest absolute Gasteiger partial charge is 0.481 e. The molecule has 2 N–H and O–H groups in total. The van der Waals surface area contributed by atoms with Gasteiger partial charge in [0.1, 0.15) is 12.1 Å². The van der Waals surface area contributed by atoms with Crippen LogP contribution in [-0.2, 0) is 19.2 Å². The molecule has 1 aromatic carbocycles. The van der Waals surface area contributed by atoms with Crippen LogP contribution >= 0.6 is 11.3 Å². The molecule has 2 saturated heterocycles. The number of carboxylic acids is 1. The number of nitrogens with zero attached hydrogens (tertiary/aromatic N) is 4. The summed E-state index contributed by atoms with van der Waals surface area (Å²) < 4.78 is 65.2. The minimum Gasteiger partial charge on any atom is -0.481 e. The van der Waals surface area contributed by atoms with Gasteiger partial charge >= 0.3 is 11.9 Å². The average Bonchev–Trinajstić information content (AvgIpc) is 3.67. The number of alkyl halides is 2. The van der Waals surface area contributed by atoms with Crippen molar-refractivity contribution in [3.05, 3.63) is 63.3 Å². The molecule has 3 aliphatic heterocycles. The van der Waals surface area contributed by atoms with Crippen molar-refractivity contribution in [2.45, 2.75) is 44.3 Å². The Bertz CT molecular complexity index is 1430. The third kappa shape index (κ3) is 5.53. The molecule has 0 unspecified atom stereocenters. The fourth-order valence-corrected chi connectivity index (χ4v) is 5.95. The number of aromatic nitrogens is 1. The number of hydrogen-bond donors (Lipinski definition) is 2. The number of rotatable bonds is 9. The maximum Gasteiger partial charge on any atom is 0.338 e. The van der Waals surface area contributed by atoms with E-state index in [2.05, 4.69) is 15.3 Å². The van der Waals surface area contributed by atoms with Crippen molar-refractivity contribution in [1.82, 2.24) is 20.3 Å². The first-order chi connectivity index (χ1) is 19.8. The number of hydrogen-bond acceptors (Lipinski definition) is 10. The third-order valence-electron chi connectivity index (χ3n) is 7.74. The number of carbonyl (C=O) groups is 2. The number of esters is 1. The van der Waals surface area contributed by atoms with E-state index in [-0.39, 0.29) is 48.8 Å². The second-order valence-corrected chi connectivity index (χ2v) is 11.8. The van der Waals surface area contributed by atoms with Crippen molar-refractivity contribution in [3.8, 4) is 0 Å². The molecule has 0 radical (unpaired) electrons. The molecule has 0 amide bonds. The number of carbonyl (C=O) groups excluding carboxylic acids is 1. The van der Waals surface area contributed by atoms with Gasteiger partial charge in [0.15, 0.2) is 22.5 Å². The summed E-state index contributed by atoms with van der Waals surface area (Å²) in [7, 11) is 1.12. The summed E-state index contributed by atoms with van der Waals surface area (Å²) in [4.78, 5) is 40.4. The molecule has 226 valence electrons. The first kappa shape index (κ1) is 30.1. The van der Waals surface area contributed by atoms with E-state index in [1.54, 1.807) is 5.38 Å². The van der Waals surface area contributed by atoms with Crippen molar-refractivity contribution in [3.63, 3.8) is 0 Å². The van der Waals surface area contributed by atoms with Gasteiger partial charge < -0.3 is 15.2 Å². The predicted molar refractivity (Wildman–Crippen MR) is 143 cm³/mol. The molecule has 2 fully saturated rings. The number of aliphatic carboxylic acids is 1. The van der Waals surface area contributed by atoms with Crippen molar-refractivity contribution in [1.29, 1.82) is 0 Å². The van der Waals surface area contributed by atoms with Crippen LogP contribution in [0.5, 0.6) is 0 Å². The van der Waals surface area contributed by atoms with Crippen molar-refractivity contribution < 1.29 is 41.8 Å². The number of methoxy groups -OCH3 is 1. The Kier molecular flexibility index (Phi) is 8.13. The number of amidine groups is 1. The molecule has 1 aromatic heterocycles. The molecule has 0 saturated carbocycles. The third-order valence-corrected chi connectivity index (χ3v) is 8.52. The number of thiazole rings is 1. The molecule has 3 atom stereocenters. The normalized spacial score (nSPS) is 24.4. The zero-order chi connectivity index (χ0) is 30.4. The van der Waals surface area contributed by atoms with Crippen LogP contribution in [0.1, 0.15) is 36.9 Å². The Balaban J connectivity index is 1.49. The van der Waals surface area contributed by atoms with Crippen LogP contribution < -0.4 is 5.32 Å². The van der Waals surface area contributed by atoms with E-state index in [9.17, 15) is 19.1 Å². The zero-order valence-electron chi connectivity index (χ0n) is 22.9. The van der Waals surface area contributed by atoms with Gasteiger partial charge in [-0.05, 0) is 26.3 Å². The molecule has 0 spiro atoms. The summed E-state index contributed by atoms with van der Waals surface area (Å²) >= 11 is 1.21. The van der Waals surface area contributed by atoms with Crippen LogP contribution in [0.4, 0.5) is 17.6 Å². The maximum atomic E-state index is 15.5. The first-order valence-electron chi connectivity index (χ1n) is 13.1. The van der Waals surface area contributed by atoms with Gasteiger partial charge in [-0.2, -0.15) is 5.06 Å². The summed E-state index contributed by atoms with van der Waals surface area (Å²) in [5.74, 6) is -7.37. The first-order valence-corrected chi connectivity index (χ1v) is 14.0. The van der Waals surface area contributed by atoms with E-state index >= 15 is 13.2 Å². The molecule has 0 bridgehead atoms. The molecule has 15 heteroatoms. The number of hydroxylamine groups is 2. The van der Waals surface area contributed by atoms with Gasteiger partial charge in [0, 0.05) is 35.9 Å². The molecule has 3 aliphatic rings. The number of halogens is 4. The summed E-state index contributed by atoms with van der Waals surface area (Å²) in [6.07, 6.45) is 1.60. The highest BCUT2D eigenvalue weighted by Crippen LogP contribution is 2.42. The highest BCUT2D eigenvalue weighted by Gasteiger charge is 2.61. The van der Waals surface area contributed by atoms with Crippen LogP contribution in [0.3, 0.4) is 0 Å². The minimum absolute atomic E-state index is 0.0277. The Labute approximate surface area is 242 Å². The fourth-order valence-electron chi connectivity index (χ4n) is 5.37. The Morgan fingerprint density at radius 1 is 1.31 bits per heavy atom. The molecule has 2 aromatic rings. The molecule has 10 nitrogen and oxygen atoms in total. The Morgan fingerprint density at radius 3 is 2.74 bits per heavy atom. The van der Waals surface area contributed by atoms with Gasteiger partial charge in [-0.1, -0.05) is 12.1 Å². The SMILES string of the molecule is COC(=O)C1=C(CN2CC(F)(F)[C@@H]3[C@H]2CON3CCC(C)(C)C(=O)O)NC(c2nccs2)=N[C@H]1c1cccc(F)c1F. The van der Waals surface area contributed by atoms with E-state index in [0.717, 1.165) is 18.2 Å². The fraction of sp³-hybridized carbons (Fsp3) is 0.481. The van der Waals surface area contributed by atoms with Crippen LogP contribution in [0, 0.1) is 17.0 Å². The molecular weight excluding hydrogens is 582 g/mol. The Morgan fingerprint density at radius 2 is 2.07 bits per heavy atom. The second kappa shape index (κ2) is 11.4. The van der Waals surface area contributed by atoms with E-state index in [0.29, 0.717) is 5.01 Å². The minimum atomic E-state index is -3.24. The number of benzene rings is 1. The van der Waals surface area contributed by atoms with Gasteiger partial charge in [0.25, 0.3) is 5.92 Å². The average molecular weight is 612 g/mol. The van der Waals surface area contributed by atoms with E-state index in [1.165, 1.54) is 48.4 Å². The van der Waals surface area contributed by atoms with E-state index in [1.807, 2.05) is 0 Å². The smallest absolute Gasteiger partial charge is 0.338 e. The molecule has 5 rings (SSSR count). The summed E-state index contributed by atoms with van der Waals surface area (Å²) in [6, 6.07) is -0.0194. The number of aliphatic imine (C=N–C) groups is 1. The zero-order valence-corrected chi connectivity index (χ0v) is 23.8. The van der Waals surface area contributed by atoms with Gasteiger partial charge in [-0.25, -0.2) is 27.3 Å². The van der Waals surface area contributed by atoms with Gasteiger partial charge in [0.2, 0.25) is 0 Å².